The second kappa shape index (κ2) is 10.1. The maximum atomic E-state index is 6.58. The van der Waals surface area contributed by atoms with E-state index in [1.54, 1.807) is 0 Å². The summed E-state index contributed by atoms with van der Waals surface area (Å²) in [5, 5.41) is 0. The standard InChI is InChI=1S/C37H26N4O/c1-3-11-32-26(9-1)15-16-27-17-19-30(24-34(27)40(32)36-13-5-7-21-38-36)42-31-20-18-29-23-28-10-2-4-12-33(28)41(35(29)25-31)37-14-6-8-22-39-37/h1-22,24-25H,23H2. The van der Waals surface area contributed by atoms with E-state index < -0.39 is 0 Å². The van der Waals surface area contributed by atoms with Crippen molar-refractivity contribution in [3.63, 3.8) is 0 Å². The molecule has 200 valence electrons. The number of fused-ring (bicyclic) bond motifs is 4. The van der Waals surface area contributed by atoms with Crippen molar-refractivity contribution in [3.05, 3.63) is 156 Å². The number of hydrogen-bond donors (Lipinski definition) is 0. The van der Waals surface area contributed by atoms with Gasteiger partial charge in [-0.3, -0.25) is 9.80 Å². The van der Waals surface area contributed by atoms with Gasteiger partial charge in [0.15, 0.2) is 0 Å². The van der Waals surface area contributed by atoms with Crippen LogP contribution in [0.15, 0.2) is 134 Å². The highest BCUT2D eigenvalue weighted by atomic mass is 16.5. The van der Waals surface area contributed by atoms with Crippen molar-refractivity contribution in [2.75, 3.05) is 9.80 Å². The molecule has 2 aliphatic heterocycles. The molecule has 0 N–H and O–H groups in total. The molecule has 8 rings (SSSR count). The van der Waals surface area contributed by atoms with Gasteiger partial charge in [0.1, 0.15) is 23.1 Å². The largest absolute Gasteiger partial charge is 0.457 e. The fourth-order valence-corrected chi connectivity index (χ4v) is 5.84. The smallest absolute Gasteiger partial charge is 0.137 e. The summed E-state index contributed by atoms with van der Waals surface area (Å²) in [4.78, 5) is 13.8. The fraction of sp³-hybridized carbons (Fsp3) is 0.0270. The summed E-state index contributed by atoms with van der Waals surface area (Å²) in [6, 6.07) is 41.5. The molecule has 0 saturated heterocycles. The summed E-state index contributed by atoms with van der Waals surface area (Å²) in [5.41, 5.74) is 9.03. The molecule has 0 atom stereocenters. The van der Waals surface area contributed by atoms with E-state index in [2.05, 4.69) is 101 Å². The molecular weight excluding hydrogens is 516 g/mol. The molecule has 5 heteroatoms. The molecular formula is C37H26N4O. The third-order valence-electron chi connectivity index (χ3n) is 7.77. The van der Waals surface area contributed by atoms with E-state index in [1.165, 1.54) is 11.1 Å². The Kier molecular flexibility index (Phi) is 5.78. The molecule has 0 saturated carbocycles. The highest BCUT2D eigenvalue weighted by Gasteiger charge is 2.26. The van der Waals surface area contributed by atoms with Crippen LogP contribution in [-0.4, -0.2) is 9.97 Å². The van der Waals surface area contributed by atoms with Crippen LogP contribution in [0.4, 0.5) is 34.4 Å². The van der Waals surface area contributed by atoms with Gasteiger partial charge in [-0.2, -0.15) is 0 Å². The van der Waals surface area contributed by atoms with Gasteiger partial charge in [-0.05, 0) is 76.9 Å². The molecule has 0 amide bonds. The Labute approximate surface area is 244 Å². The average Bonchev–Trinajstić information content (AvgIpc) is 3.21. The first-order chi connectivity index (χ1) is 20.8. The number of para-hydroxylation sites is 2. The molecule has 4 heterocycles. The first-order valence-electron chi connectivity index (χ1n) is 14.0. The fourth-order valence-electron chi connectivity index (χ4n) is 5.84. The molecule has 2 aromatic heterocycles. The summed E-state index contributed by atoms with van der Waals surface area (Å²) >= 11 is 0. The van der Waals surface area contributed by atoms with Gasteiger partial charge in [0.05, 0.1) is 22.7 Å². The van der Waals surface area contributed by atoms with Crippen molar-refractivity contribution in [3.8, 4) is 11.5 Å². The molecule has 0 spiro atoms. The Morgan fingerprint density at radius 3 is 1.79 bits per heavy atom. The summed E-state index contributed by atoms with van der Waals surface area (Å²) in [7, 11) is 0. The number of hydrogen-bond acceptors (Lipinski definition) is 5. The zero-order chi connectivity index (χ0) is 27.9. The minimum Gasteiger partial charge on any atom is -0.457 e. The van der Waals surface area contributed by atoms with Crippen LogP contribution < -0.4 is 14.5 Å². The molecule has 0 radical (unpaired) electrons. The van der Waals surface area contributed by atoms with Gasteiger partial charge in [0, 0.05) is 30.9 Å². The van der Waals surface area contributed by atoms with E-state index in [0.717, 1.165) is 63.4 Å². The number of anilines is 6. The van der Waals surface area contributed by atoms with Crippen LogP contribution in [0.25, 0.3) is 12.2 Å². The number of aromatic nitrogens is 2. The first-order valence-corrected chi connectivity index (χ1v) is 14.0. The van der Waals surface area contributed by atoms with E-state index in [1.807, 2.05) is 54.9 Å². The van der Waals surface area contributed by atoms with E-state index in [9.17, 15) is 0 Å². The normalized spacial score (nSPS) is 13.0. The van der Waals surface area contributed by atoms with Crippen LogP contribution >= 0.6 is 0 Å². The molecule has 6 aromatic rings. The van der Waals surface area contributed by atoms with Crippen LogP contribution in [0, 0.1) is 0 Å². The quantitative estimate of drug-likeness (QED) is 0.221. The molecule has 0 unspecified atom stereocenters. The summed E-state index contributed by atoms with van der Waals surface area (Å²) in [6.07, 6.45) is 8.84. The minimum atomic E-state index is 0.753. The number of ether oxygens (including phenoxy) is 1. The average molecular weight is 543 g/mol. The molecule has 0 aliphatic carbocycles. The van der Waals surface area contributed by atoms with Crippen molar-refractivity contribution in [1.29, 1.82) is 0 Å². The van der Waals surface area contributed by atoms with Crippen molar-refractivity contribution >= 4 is 46.5 Å². The zero-order valence-electron chi connectivity index (χ0n) is 22.8. The van der Waals surface area contributed by atoms with E-state index in [4.69, 9.17) is 14.7 Å². The Bertz CT molecular complexity index is 1950. The second-order valence-corrected chi connectivity index (χ2v) is 10.4. The van der Waals surface area contributed by atoms with Gasteiger partial charge in [0.2, 0.25) is 0 Å². The second-order valence-electron chi connectivity index (χ2n) is 10.4. The Morgan fingerprint density at radius 1 is 0.476 bits per heavy atom. The molecule has 0 fully saturated rings. The van der Waals surface area contributed by atoms with E-state index in [0.29, 0.717) is 0 Å². The van der Waals surface area contributed by atoms with Gasteiger partial charge in [-0.25, -0.2) is 9.97 Å². The highest BCUT2D eigenvalue weighted by molar-refractivity contribution is 5.93. The number of benzene rings is 4. The predicted octanol–water partition coefficient (Wildman–Crippen LogP) is 9.60. The molecule has 0 bridgehead atoms. The third-order valence-corrected chi connectivity index (χ3v) is 7.77. The molecule has 4 aromatic carbocycles. The molecule has 2 aliphatic rings. The number of pyridine rings is 2. The van der Waals surface area contributed by atoms with Crippen molar-refractivity contribution < 1.29 is 4.74 Å². The van der Waals surface area contributed by atoms with E-state index >= 15 is 0 Å². The summed E-state index contributed by atoms with van der Waals surface area (Å²) in [6.45, 7) is 0. The monoisotopic (exact) mass is 542 g/mol. The van der Waals surface area contributed by atoms with Crippen LogP contribution in [0.2, 0.25) is 0 Å². The third kappa shape index (κ3) is 4.19. The van der Waals surface area contributed by atoms with Crippen molar-refractivity contribution in [2.24, 2.45) is 0 Å². The van der Waals surface area contributed by atoms with Gasteiger partial charge >= 0.3 is 0 Å². The minimum absolute atomic E-state index is 0.753. The Hall–Kier alpha value is -5.68. The van der Waals surface area contributed by atoms with E-state index in [-0.39, 0.29) is 0 Å². The van der Waals surface area contributed by atoms with Crippen molar-refractivity contribution in [1.82, 2.24) is 9.97 Å². The molecule has 5 nitrogen and oxygen atoms in total. The number of rotatable bonds is 4. The van der Waals surface area contributed by atoms with Crippen LogP contribution in [0.5, 0.6) is 11.5 Å². The maximum absolute atomic E-state index is 6.58. The first kappa shape index (κ1) is 24.1. The lowest BCUT2D eigenvalue weighted by Gasteiger charge is -2.32. The topological polar surface area (TPSA) is 41.5 Å². The van der Waals surface area contributed by atoms with Crippen LogP contribution in [-0.2, 0) is 6.42 Å². The number of nitrogens with zero attached hydrogens (tertiary/aromatic N) is 4. The zero-order valence-corrected chi connectivity index (χ0v) is 22.8. The van der Waals surface area contributed by atoms with Crippen LogP contribution in [0.1, 0.15) is 22.3 Å². The summed E-state index contributed by atoms with van der Waals surface area (Å²) < 4.78 is 6.58. The lowest BCUT2D eigenvalue weighted by molar-refractivity contribution is 0.482. The van der Waals surface area contributed by atoms with Gasteiger partial charge in [0.25, 0.3) is 0 Å². The van der Waals surface area contributed by atoms with Crippen molar-refractivity contribution in [2.45, 2.75) is 6.42 Å². The Balaban J connectivity index is 1.20. The van der Waals surface area contributed by atoms with Gasteiger partial charge in [-0.1, -0.05) is 66.7 Å². The summed E-state index contributed by atoms with van der Waals surface area (Å²) in [5.74, 6) is 3.25. The lowest BCUT2D eigenvalue weighted by atomic mass is 9.95. The highest BCUT2D eigenvalue weighted by Crippen LogP contribution is 2.46. The lowest BCUT2D eigenvalue weighted by Crippen LogP contribution is -2.19. The SMILES string of the molecule is C1=Cc2ccc(Oc3ccc4c(c3)N(c3ccccn3)c3ccccc3C4)cc2N(c2ccccn2)c2ccccc21. The van der Waals surface area contributed by atoms with Crippen LogP contribution in [0.3, 0.4) is 0 Å². The maximum Gasteiger partial charge on any atom is 0.137 e. The Morgan fingerprint density at radius 2 is 1.05 bits per heavy atom. The van der Waals surface area contributed by atoms with Gasteiger partial charge < -0.3 is 4.74 Å². The predicted molar refractivity (Wildman–Crippen MR) is 170 cm³/mol. The van der Waals surface area contributed by atoms with Gasteiger partial charge in [-0.15, -0.1) is 0 Å². The molecule has 42 heavy (non-hydrogen) atoms.